The molecule has 0 aliphatic rings. The Balaban J connectivity index is 3.06. The number of halogens is 1. The summed E-state index contributed by atoms with van der Waals surface area (Å²) in [4.78, 5) is 13.8. The van der Waals surface area contributed by atoms with Crippen molar-refractivity contribution >= 4 is 12.0 Å². The van der Waals surface area contributed by atoms with Crippen LogP contribution in [0.3, 0.4) is 0 Å². The summed E-state index contributed by atoms with van der Waals surface area (Å²) in [5.74, 6) is -2.32. The van der Waals surface area contributed by atoms with Gasteiger partial charge in [0.15, 0.2) is 0 Å². The lowest BCUT2D eigenvalue weighted by molar-refractivity contribution is 0.0690. The van der Waals surface area contributed by atoms with Crippen LogP contribution < -0.4 is 5.73 Å². The van der Waals surface area contributed by atoms with E-state index < -0.39 is 17.5 Å². The van der Waals surface area contributed by atoms with Crippen LogP contribution in [-0.2, 0) is 0 Å². The fourth-order valence-electron chi connectivity index (χ4n) is 0.909. The molecule has 0 bridgehead atoms. The Morgan fingerprint density at radius 2 is 2.43 bits per heavy atom. The third-order valence-electron chi connectivity index (χ3n) is 1.54. The van der Waals surface area contributed by atoms with E-state index in [9.17, 15) is 9.18 Å². The van der Waals surface area contributed by atoms with Crippen molar-refractivity contribution in [2.45, 2.75) is 0 Å². The van der Waals surface area contributed by atoms with E-state index in [2.05, 4.69) is 4.98 Å². The molecule has 1 aromatic rings. The highest BCUT2D eigenvalue weighted by Crippen LogP contribution is 2.08. The first-order chi connectivity index (χ1) is 6.65. The van der Waals surface area contributed by atoms with Crippen molar-refractivity contribution in [3.8, 4) is 0 Å². The van der Waals surface area contributed by atoms with Gasteiger partial charge in [-0.1, -0.05) is 12.2 Å². The first kappa shape index (κ1) is 10.3. The molecule has 0 unspecified atom stereocenters. The van der Waals surface area contributed by atoms with Gasteiger partial charge >= 0.3 is 5.97 Å². The minimum Gasteiger partial charge on any atom is -0.478 e. The summed E-state index contributed by atoms with van der Waals surface area (Å²) in [5.41, 5.74) is 5.27. The Labute approximate surface area is 79.9 Å². The number of aromatic nitrogens is 1. The lowest BCUT2D eigenvalue weighted by atomic mass is 10.2. The minimum absolute atomic E-state index is 0.333. The normalized spacial score (nSPS) is 10.7. The van der Waals surface area contributed by atoms with Crippen molar-refractivity contribution in [3.05, 3.63) is 35.4 Å². The Kier molecular flexibility index (Phi) is 3.30. The van der Waals surface area contributed by atoms with Gasteiger partial charge in [0.05, 0.1) is 0 Å². The third-order valence-corrected chi connectivity index (χ3v) is 1.54. The summed E-state index contributed by atoms with van der Waals surface area (Å²) in [5, 5.41) is 8.59. The van der Waals surface area contributed by atoms with Gasteiger partial charge in [-0.2, -0.15) is 4.39 Å². The topological polar surface area (TPSA) is 76.2 Å². The molecule has 0 atom stereocenters. The second-order valence-corrected chi connectivity index (χ2v) is 2.55. The van der Waals surface area contributed by atoms with Crippen LogP contribution in [0.25, 0.3) is 6.08 Å². The van der Waals surface area contributed by atoms with Gasteiger partial charge in [-0.3, -0.25) is 0 Å². The van der Waals surface area contributed by atoms with E-state index >= 15 is 0 Å². The number of aromatic carboxylic acids is 1. The maximum Gasteiger partial charge on any atom is 0.340 e. The molecule has 1 rings (SSSR count). The van der Waals surface area contributed by atoms with E-state index in [0.29, 0.717) is 12.1 Å². The summed E-state index contributed by atoms with van der Waals surface area (Å²) in [6.45, 7) is 0.333. The van der Waals surface area contributed by atoms with Crippen LogP contribution in [0.2, 0.25) is 0 Å². The van der Waals surface area contributed by atoms with Crippen molar-refractivity contribution in [1.29, 1.82) is 0 Å². The molecular weight excluding hydrogens is 187 g/mol. The molecule has 74 valence electrons. The van der Waals surface area contributed by atoms with Crippen molar-refractivity contribution in [1.82, 2.24) is 4.98 Å². The summed E-state index contributed by atoms with van der Waals surface area (Å²) in [6.07, 6.45) is 4.45. The van der Waals surface area contributed by atoms with Crippen LogP contribution in [0.4, 0.5) is 4.39 Å². The standard InChI is InChI=1S/C9H9FN2O2/c10-8-7(9(13)14)4-6(5-12-8)2-1-3-11/h1-2,4-5H,3,11H2,(H,13,14). The van der Waals surface area contributed by atoms with Gasteiger partial charge in [0.1, 0.15) is 5.56 Å². The first-order valence-electron chi connectivity index (χ1n) is 3.90. The van der Waals surface area contributed by atoms with Crippen molar-refractivity contribution in [2.75, 3.05) is 6.54 Å². The molecule has 0 aliphatic heterocycles. The smallest absolute Gasteiger partial charge is 0.340 e. The zero-order valence-corrected chi connectivity index (χ0v) is 7.27. The predicted octanol–water partition coefficient (Wildman–Crippen LogP) is 0.891. The fourth-order valence-corrected chi connectivity index (χ4v) is 0.909. The van der Waals surface area contributed by atoms with E-state index in [1.54, 1.807) is 12.2 Å². The molecular formula is C9H9FN2O2. The lowest BCUT2D eigenvalue weighted by Crippen LogP contribution is -2.03. The third kappa shape index (κ3) is 2.37. The molecule has 5 heteroatoms. The lowest BCUT2D eigenvalue weighted by Gasteiger charge is -1.97. The molecule has 0 aliphatic carbocycles. The van der Waals surface area contributed by atoms with Crippen LogP contribution in [0.1, 0.15) is 15.9 Å². The molecule has 0 spiro atoms. The van der Waals surface area contributed by atoms with Gasteiger partial charge in [0, 0.05) is 12.7 Å². The van der Waals surface area contributed by atoms with Gasteiger partial charge in [0.25, 0.3) is 0 Å². The van der Waals surface area contributed by atoms with Gasteiger partial charge in [-0.05, 0) is 11.6 Å². The van der Waals surface area contributed by atoms with Crippen LogP contribution in [-0.4, -0.2) is 22.6 Å². The molecule has 4 nitrogen and oxygen atoms in total. The fraction of sp³-hybridized carbons (Fsp3) is 0.111. The van der Waals surface area contributed by atoms with Crippen LogP contribution in [0.15, 0.2) is 18.3 Å². The van der Waals surface area contributed by atoms with Gasteiger partial charge in [-0.25, -0.2) is 9.78 Å². The van der Waals surface area contributed by atoms with Gasteiger partial charge < -0.3 is 10.8 Å². The zero-order valence-electron chi connectivity index (χ0n) is 7.27. The maximum absolute atomic E-state index is 12.8. The van der Waals surface area contributed by atoms with E-state index in [0.717, 1.165) is 0 Å². The van der Waals surface area contributed by atoms with Crippen molar-refractivity contribution in [3.63, 3.8) is 0 Å². The number of nitrogens with zero attached hydrogens (tertiary/aromatic N) is 1. The average Bonchev–Trinajstić information content (AvgIpc) is 2.16. The molecule has 1 aromatic heterocycles. The quantitative estimate of drug-likeness (QED) is 0.704. The number of hydrogen-bond acceptors (Lipinski definition) is 3. The number of carboxylic acid groups (broad SMARTS) is 1. The average molecular weight is 196 g/mol. The van der Waals surface area contributed by atoms with Crippen molar-refractivity contribution in [2.24, 2.45) is 5.73 Å². The number of carboxylic acids is 1. The maximum atomic E-state index is 12.8. The van der Waals surface area contributed by atoms with E-state index in [4.69, 9.17) is 10.8 Å². The number of rotatable bonds is 3. The van der Waals surface area contributed by atoms with E-state index in [1.165, 1.54) is 12.3 Å². The van der Waals surface area contributed by atoms with Crippen LogP contribution in [0, 0.1) is 5.95 Å². The van der Waals surface area contributed by atoms with Gasteiger partial charge in [0.2, 0.25) is 5.95 Å². The predicted molar refractivity (Wildman–Crippen MR) is 49.2 cm³/mol. The molecule has 0 aromatic carbocycles. The highest BCUT2D eigenvalue weighted by molar-refractivity contribution is 5.88. The SMILES string of the molecule is NCC=Cc1cnc(F)c(C(=O)O)c1. The Morgan fingerprint density at radius 1 is 1.71 bits per heavy atom. The molecule has 0 saturated carbocycles. The highest BCUT2D eigenvalue weighted by atomic mass is 19.1. The monoisotopic (exact) mass is 196 g/mol. The highest BCUT2D eigenvalue weighted by Gasteiger charge is 2.10. The number of pyridine rings is 1. The minimum atomic E-state index is -1.34. The second-order valence-electron chi connectivity index (χ2n) is 2.55. The van der Waals surface area contributed by atoms with Crippen LogP contribution in [0.5, 0.6) is 0 Å². The van der Waals surface area contributed by atoms with Crippen LogP contribution >= 0.6 is 0 Å². The Morgan fingerprint density at radius 3 is 3.00 bits per heavy atom. The zero-order chi connectivity index (χ0) is 10.6. The second kappa shape index (κ2) is 4.48. The number of carbonyl (C=O) groups is 1. The first-order valence-corrected chi connectivity index (χ1v) is 3.90. The van der Waals surface area contributed by atoms with Gasteiger partial charge in [-0.15, -0.1) is 0 Å². The summed E-state index contributed by atoms with van der Waals surface area (Å²) >= 11 is 0. The Bertz CT molecular complexity index is 377. The van der Waals surface area contributed by atoms with E-state index in [1.807, 2.05) is 0 Å². The van der Waals surface area contributed by atoms with E-state index in [-0.39, 0.29) is 0 Å². The molecule has 3 N–H and O–H groups in total. The number of hydrogen-bond donors (Lipinski definition) is 2. The molecule has 0 saturated heterocycles. The molecule has 0 radical (unpaired) electrons. The summed E-state index contributed by atoms with van der Waals surface area (Å²) in [7, 11) is 0. The van der Waals surface area contributed by atoms with Crippen molar-refractivity contribution < 1.29 is 14.3 Å². The molecule has 1 heterocycles. The Hall–Kier alpha value is -1.75. The largest absolute Gasteiger partial charge is 0.478 e. The molecule has 0 fully saturated rings. The molecule has 14 heavy (non-hydrogen) atoms. The number of nitrogens with two attached hydrogens (primary N) is 1. The molecule has 0 amide bonds. The summed E-state index contributed by atoms with van der Waals surface area (Å²) in [6, 6.07) is 1.21. The summed E-state index contributed by atoms with van der Waals surface area (Å²) < 4.78 is 12.8.